The van der Waals surface area contributed by atoms with E-state index in [1.54, 1.807) is 36.4 Å². The number of nitrogens with one attached hydrogen (secondary N) is 1. The minimum atomic E-state index is -0.350. The third-order valence-corrected chi connectivity index (χ3v) is 5.97. The first-order valence-corrected chi connectivity index (χ1v) is 11.0. The highest BCUT2D eigenvalue weighted by Gasteiger charge is 2.24. The number of para-hydroxylation sites is 1. The standard InChI is InChI=1S/C25H21ClFN5O/c26-17-6-5-7-18(16-17)28-25(33)23-19-8-1-2-9-20(19)24(30-29-23)32-14-12-31(13-15-32)22-11-4-3-10-21(22)27/h1-11,16H,12-15H2,(H,28,33). The molecule has 0 bridgehead atoms. The van der Waals surface area contributed by atoms with Gasteiger partial charge < -0.3 is 15.1 Å². The van der Waals surface area contributed by atoms with Gasteiger partial charge in [0.05, 0.1) is 5.69 Å². The van der Waals surface area contributed by atoms with E-state index in [4.69, 9.17) is 11.6 Å². The highest BCUT2D eigenvalue weighted by atomic mass is 35.5. The molecule has 0 saturated carbocycles. The SMILES string of the molecule is O=C(Nc1cccc(Cl)c1)c1nnc(N2CCN(c3ccccc3F)CC2)c2ccccc12. The van der Waals surface area contributed by atoms with Gasteiger partial charge in [0.1, 0.15) is 5.82 Å². The Bertz CT molecular complexity index is 1320. The molecule has 1 aliphatic rings. The first-order valence-electron chi connectivity index (χ1n) is 10.7. The third-order valence-electron chi connectivity index (χ3n) is 5.74. The molecule has 0 unspecified atom stereocenters. The van der Waals surface area contributed by atoms with Gasteiger partial charge in [-0.1, -0.05) is 54.1 Å². The topological polar surface area (TPSA) is 61.4 Å². The van der Waals surface area contributed by atoms with E-state index in [1.807, 2.05) is 35.2 Å². The second-order valence-electron chi connectivity index (χ2n) is 7.81. The Morgan fingerprint density at radius 1 is 0.848 bits per heavy atom. The van der Waals surface area contributed by atoms with Crippen LogP contribution in [0.2, 0.25) is 5.02 Å². The van der Waals surface area contributed by atoms with Crippen molar-refractivity contribution in [3.05, 3.63) is 89.3 Å². The third kappa shape index (κ3) is 4.32. The van der Waals surface area contributed by atoms with Crippen molar-refractivity contribution in [2.24, 2.45) is 0 Å². The van der Waals surface area contributed by atoms with Crippen molar-refractivity contribution < 1.29 is 9.18 Å². The van der Waals surface area contributed by atoms with Crippen LogP contribution in [0.1, 0.15) is 10.5 Å². The Morgan fingerprint density at radius 3 is 2.30 bits per heavy atom. The van der Waals surface area contributed by atoms with Crippen LogP contribution in [-0.4, -0.2) is 42.3 Å². The fourth-order valence-corrected chi connectivity index (χ4v) is 4.31. The number of carbonyl (C=O) groups is 1. The summed E-state index contributed by atoms with van der Waals surface area (Å²) in [6, 6.07) is 21.4. The van der Waals surface area contributed by atoms with Gasteiger partial charge in [-0.2, -0.15) is 0 Å². The summed E-state index contributed by atoms with van der Waals surface area (Å²) in [5.74, 6) is 0.154. The second kappa shape index (κ2) is 9.03. The largest absolute Gasteiger partial charge is 0.366 e. The Kier molecular flexibility index (Phi) is 5.79. The summed E-state index contributed by atoms with van der Waals surface area (Å²) < 4.78 is 14.2. The number of carbonyl (C=O) groups excluding carboxylic acids is 1. The quantitative estimate of drug-likeness (QED) is 0.463. The molecule has 166 valence electrons. The van der Waals surface area contributed by atoms with Crippen LogP contribution in [0, 0.1) is 5.82 Å². The van der Waals surface area contributed by atoms with E-state index in [1.165, 1.54) is 6.07 Å². The average Bonchev–Trinajstić information content (AvgIpc) is 2.84. The average molecular weight is 462 g/mol. The zero-order valence-corrected chi connectivity index (χ0v) is 18.5. The lowest BCUT2D eigenvalue weighted by Crippen LogP contribution is -2.47. The van der Waals surface area contributed by atoms with E-state index in [9.17, 15) is 9.18 Å². The van der Waals surface area contributed by atoms with E-state index in [-0.39, 0.29) is 17.4 Å². The van der Waals surface area contributed by atoms with Gasteiger partial charge in [-0.3, -0.25) is 4.79 Å². The van der Waals surface area contributed by atoms with Crippen LogP contribution < -0.4 is 15.1 Å². The normalized spacial score (nSPS) is 13.9. The van der Waals surface area contributed by atoms with Gasteiger partial charge in [0, 0.05) is 47.7 Å². The number of rotatable bonds is 4. The van der Waals surface area contributed by atoms with Crippen LogP contribution in [0.4, 0.5) is 21.6 Å². The molecule has 1 aromatic heterocycles. The van der Waals surface area contributed by atoms with Crippen molar-refractivity contribution in [3.63, 3.8) is 0 Å². The van der Waals surface area contributed by atoms with Crippen molar-refractivity contribution in [3.8, 4) is 0 Å². The van der Waals surface area contributed by atoms with Gasteiger partial charge in [-0.15, -0.1) is 10.2 Å². The van der Waals surface area contributed by atoms with E-state index in [2.05, 4.69) is 20.4 Å². The molecule has 3 aromatic carbocycles. The fraction of sp³-hybridized carbons (Fsp3) is 0.160. The molecule has 1 saturated heterocycles. The number of amides is 1. The van der Waals surface area contributed by atoms with Crippen LogP contribution in [-0.2, 0) is 0 Å². The van der Waals surface area contributed by atoms with Gasteiger partial charge in [-0.05, 0) is 30.3 Å². The maximum absolute atomic E-state index is 14.2. The molecule has 4 aromatic rings. The molecule has 6 nitrogen and oxygen atoms in total. The van der Waals surface area contributed by atoms with Gasteiger partial charge in [0.15, 0.2) is 11.5 Å². The Hall–Kier alpha value is -3.71. The van der Waals surface area contributed by atoms with Crippen molar-refractivity contribution in [1.82, 2.24) is 10.2 Å². The first kappa shape index (κ1) is 21.2. The number of aromatic nitrogens is 2. The van der Waals surface area contributed by atoms with Crippen molar-refractivity contribution in [1.29, 1.82) is 0 Å². The summed E-state index contributed by atoms with van der Waals surface area (Å²) >= 11 is 6.03. The molecule has 1 N–H and O–H groups in total. The second-order valence-corrected chi connectivity index (χ2v) is 8.24. The molecule has 2 heterocycles. The highest BCUT2D eigenvalue weighted by molar-refractivity contribution is 6.31. The summed E-state index contributed by atoms with van der Waals surface area (Å²) in [5.41, 5.74) is 1.45. The summed E-state index contributed by atoms with van der Waals surface area (Å²) in [5, 5.41) is 13.6. The molecule has 8 heteroatoms. The molecule has 1 aliphatic heterocycles. The Balaban J connectivity index is 1.39. The van der Waals surface area contributed by atoms with Crippen LogP contribution in [0.25, 0.3) is 10.8 Å². The summed E-state index contributed by atoms with van der Waals surface area (Å²) in [6.07, 6.45) is 0. The number of hydrogen-bond acceptors (Lipinski definition) is 5. The summed E-state index contributed by atoms with van der Waals surface area (Å²) in [6.45, 7) is 2.66. The van der Waals surface area contributed by atoms with Crippen molar-refractivity contribution in [2.45, 2.75) is 0 Å². The molecule has 5 rings (SSSR count). The van der Waals surface area contributed by atoms with Gasteiger partial charge >= 0.3 is 0 Å². The molecule has 0 atom stereocenters. The Labute approximate surface area is 195 Å². The molecule has 0 aliphatic carbocycles. The predicted octanol–water partition coefficient (Wildman–Crippen LogP) is 5.00. The first-order chi connectivity index (χ1) is 16.1. The maximum Gasteiger partial charge on any atom is 0.276 e. The van der Waals surface area contributed by atoms with Crippen LogP contribution in [0.5, 0.6) is 0 Å². The van der Waals surface area contributed by atoms with Crippen molar-refractivity contribution >= 4 is 45.5 Å². The number of halogens is 2. The van der Waals surface area contributed by atoms with E-state index < -0.39 is 0 Å². The Morgan fingerprint density at radius 2 is 1.55 bits per heavy atom. The molecule has 1 amide bonds. The lowest BCUT2D eigenvalue weighted by molar-refractivity contribution is 0.102. The molecule has 0 radical (unpaired) electrons. The minimum absolute atomic E-state index is 0.216. The van der Waals surface area contributed by atoms with E-state index in [0.29, 0.717) is 42.6 Å². The monoisotopic (exact) mass is 461 g/mol. The van der Waals surface area contributed by atoms with Crippen LogP contribution in [0.15, 0.2) is 72.8 Å². The lowest BCUT2D eigenvalue weighted by Gasteiger charge is -2.37. The molecule has 33 heavy (non-hydrogen) atoms. The maximum atomic E-state index is 14.2. The van der Waals surface area contributed by atoms with E-state index in [0.717, 1.165) is 16.6 Å². The molecule has 1 fully saturated rings. The highest BCUT2D eigenvalue weighted by Crippen LogP contribution is 2.28. The summed E-state index contributed by atoms with van der Waals surface area (Å²) in [4.78, 5) is 17.1. The molecular weight excluding hydrogens is 441 g/mol. The molecule has 0 spiro atoms. The van der Waals surface area contributed by atoms with Crippen LogP contribution >= 0.6 is 11.6 Å². The number of benzene rings is 3. The minimum Gasteiger partial charge on any atom is -0.366 e. The van der Waals surface area contributed by atoms with Gasteiger partial charge in [-0.25, -0.2) is 4.39 Å². The zero-order chi connectivity index (χ0) is 22.8. The summed E-state index contributed by atoms with van der Waals surface area (Å²) in [7, 11) is 0. The van der Waals surface area contributed by atoms with Gasteiger partial charge in [0.2, 0.25) is 0 Å². The van der Waals surface area contributed by atoms with Gasteiger partial charge in [0.25, 0.3) is 5.91 Å². The number of piperazine rings is 1. The zero-order valence-electron chi connectivity index (χ0n) is 17.7. The van der Waals surface area contributed by atoms with Crippen molar-refractivity contribution in [2.75, 3.05) is 41.3 Å². The number of nitrogens with zero attached hydrogens (tertiary/aromatic N) is 4. The fourth-order valence-electron chi connectivity index (χ4n) is 4.11. The number of hydrogen-bond donors (Lipinski definition) is 1. The molecular formula is C25H21ClFN5O. The lowest BCUT2D eigenvalue weighted by atomic mass is 10.1. The van der Waals surface area contributed by atoms with Crippen LogP contribution in [0.3, 0.4) is 0 Å². The smallest absolute Gasteiger partial charge is 0.276 e. The number of fused-ring (bicyclic) bond motifs is 1. The van der Waals surface area contributed by atoms with E-state index >= 15 is 0 Å². The predicted molar refractivity (Wildman–Crippen MR) is 130 cm³/mol. The number of anilines is 3.